The molecule has 0 aliphatic heterocycles. The van der Waals surface area contributed by atoms with Gasteiger partial charge in [-0.05, 0) is 52.7 Å². The molecule has 1 fully saturated rings. The summed E-state index contributed by atoms with van der Waals surface area (Å²) in [6.07, 6.45) is 5.84. The Morgan fingerprint density at radius 3 is 2.16 bits per heavy atom. The van der Waals surface area contributed by atoms with Crippen molar-refractivity contribution in [3.8, 4) is 22.9 Å². The number of rotatable bonds is 9. The molecule has 0 N–H and O–H groups in total. The molecule has 32 heavy (non-hydrogen) atoms. The zero-order valence-electron chi connectivity index (χ0n) is 20.1. The van der Waals surface area contributed by atoms with Crippen LogP contribution >= 0.6 is 11.8 Å². The average Bonchev–Trinajstić information content (AvgIpc) is 3.21. The Hall–Kier alpha value is -2.22. The van der Waals surface area contributed by atoms with E-state index in [4.69, 9.17) is 9.47 Å². The fraction of sp³-hybridized carbons (Fsp3) is 0.625. The number of aromatic nitrogens is 3. The van der Waals surface area contributed by atoms with Crippen molar-refractivity contribution >= 4 is 17.7 Å². The first kappa shape index (κ1) is 24.4. The van der Waals surface area contributed by atoms with Crippen molar-refractivity contribution in [3.63, 3.8) is 0 Å². The Balaban J connectivity index is 1.94. The number of carbonyl (C=O) groups excluding carboxylic acids is 1. The standard InChI is InChI=1S/C24H36N4O3S/c1-16(2)27(17(3)4)22(29)15-32-24-26-25-23(28(24)19-10-8-7-9-11-19)18-12-20(30-5)14-21(13-18)31-6/h12-14,16-17,19H,7-11,15H2,1-6H3. The fourth-order valence-electron chi connectivity index (χ4n) is 4.55. The summed E-state index contributed by atoms with van der Waals surface area (Å²) < 4.78 is 13.2. The molecule has 1 saturated carbocycles. The van der Waals surface area contributed by atoms with Crippen molar-refractivity contribution < 1.29 is 14.3 Å². The van der Waals surface area contributed by atoms with Gasteiger partial charge in [0.1, 0.15) is 11.5 Å². The van der Waals surface area contributed by atoms with Crippen molar-refractivity contribution in [2.24, 2.45) is 0 Å². The quantitative estimate of drug-likeness (QED) is 0.479. The van der Waals surface area contributed by atoms with E-state index in [1.807, 2.05) is 23.1 Å². The van der Waals surface area contributed by atoms with E-state index in [-0.39, 0.29) is 18.0 Å². The molecule has 1 aliphatic rings. The van der Waals surface area contributed by atoms with Crippen LogP contribution in [-0.4, -0.2) is 57.6 Å². The zero-order valence-corrected chi connectivity index (χ0v) is 20.9. The first-order chi connectivity index (χ1) is 15.3. The summed E-state index contributed by atoms with van der Waals surface area (Å²) in [5.74, 6) is 2.71. The molecule has 1 aliphatic carbocycles. The second-order valence-electron chi connectivity index (χ2n) is 8.85. The van der Waals surface area contributed by atoms with Crippen LogP contribution in [0.3, 0.4) is 0 Å². The Morgan fingerprint density at radius 1 is 1.03 bits per heavy atom. The monoisotopic (exact) mass is 460 g/mol. The topological polar surface area (TPSA) is 69.5 Å². The molecule has 0 saturated heterocycles. The third-order valence-corrected chi connectivity index (χ3v) is 6.87. The van der Waals surface area contributed by atoms with Crippen molar-refractivity contribution in [1.82, 2.24) is 19.7 Å². The molecule has 8 heteroatoms. The van der Waals surface area contributed by atoms with E-state index in [2.05, 4.69) is 42.5 Å². The molecule has 2 aromatic rings. The molecule has 1 heterocycles. The van der Waals surface area contributed by atoms with Gasteiger partial charge >= 0.3 is 0 Å². The lowest BCUT2D eigenvalue weighted by Gasteiger charge is -2.31. The van der Waals surface area contributed by atoms with Crippen LogP contribution in [0.15, 0.2) is 23.4 Å². The second-order valence-corrected chi connectivity index (χ2v) is 9.79. The Morgan fingerprint density at radius 2 is 1.62 bits per heavy atom. The smallest absolute Gasteiger partial charge is 0.233 e. The largest absolute Gasteiger partial charge is 0.497 e. The number of nitrogens with zero attached hydrogens (tertiary/aromatic N) is 4. The maximum absolute atomic E-state index is 12.9. The third-order valence-electron chi connectivity index (χ3n) is 5.94. The van der Waals surface area contributed by atoms with E-state index < -0.39 is 0 Å². The van der Waals surface area contributed by atoms with E-state index in [0.717, 1.165) is 29.4 Å². The number of benzene rings is 1. The fourth-order valence-corrected chi connectivity index (χ4v) is 5.43. The lowest BCUT2D eigenvalue weighted by molar-refractivity contribution is -0.131. The number of thioether (sulfide) groups is 1. The van der Waals surface area contributed by atoms with Crippen LogP contribution < -0.4 is 9.47 Å². The molecular formula is C24H36N4O3S. The summed E-state index contributed by atoms with van der Waals surface area (Å²) in [6, 6.07) is 6.44. The van der Waals surface area contributed by atoms with Crippen molar-refractivity contribution in [1.29, 1.82) is 0 Å². The van der Waals surface area contributed by atoms with E-state index in [1.54, 1.807) is 14.2 Å². The van der Waals surface area contributed by atoms with Crippen LogP contribution in [0.1, 0.15) is 65.8 Å². The lowest BCUT2D eigenvalue weighted by Crippen LogP contribution is -2.43. The van der Waals surface area contributed by atoms with Gasteiger partial charge in [-0.15, -0.1) is 10.2 Å². The summed E-state index contributed by atoms with van der Waals surface area (Å²) in [6.45, 7) is 8.23. The molecule has 0 atom stereocenters. The Kier molecular flexibility index (Phi) is 8.45. The zero-order chi connectivity index (χ0) is 23.3. The molecule has 176 valence electrons. The Bertz CT molecular complexity index is 876. The molecule has 0 radical (unpaired) electrons. The highest BCUT2D eigenvalue weighted by Gasteiger charge is 2.26. The van der Waals surface area contributed by atoms with E-state index >= 15 is 0 Å². The van der Waals surface area contributed by atoms with Crippen LogP contribution in [0.25, 0.3) is 11.4 Å². The van der Waals surface area contributed by atoms with Crippen LogP contribution in [-0.2, 0) is 4.79 Å². The van der Waals surface area contributed by atoms with Crippen molar-refractivity contribution in [3.05, 3.63) is 18.2 Å². The number of ether oxygens (including phenoxy) is 2. The summed E-state index contributed by atoms with van der Waals surface area (Å²) in [5.41, 5.74) is 0.906. The minimum Gasteiger partial charge on any atom is -0.497 e. The van der Waals surface area contributed by atoms with Gasteiger partial charge in [0.15, 0.2) is 11.0 Å². The van der Waals surface area contributed by atoms with Crippen LogP contribution in [0.5, 0.6) is 11.5 Å². The molecule has 0 spiro atoms. The number of amides is 1. The van der Waals surface area contributed by atoms with Gasteiger partial charge in [0.25, 0.3) is 0 Å². The number of hydrogen-bond acceptors (Lipinski definition) is 6. The predicted octanol–water partition coefficient (Wildman–Crippen LogP) is 5.21. The first-order valence-corrected chi connectivity index (χ1v) is 12.5. The minimum atomic E-state index is 0.128. The van der Waals surface area contributed by atoms with Crippen molar-refractivity contribution in [2.45, 2.75) is 83.1 Å². The molecule has 0 bridgehead atoms. The van der Waals surface area contributed by atoms with Gasteiger partial charge in [-0.1, -0.05) is 31.0 Å². The molecule has 7 nitrogen and oxygen atoms in total. The predicted molar refractivity (Wildman–Crippen MR) is 129 cm³/mol. The molecule has 1 amide bonds. The van der Waals surface area contributed by atoms with Gasteiger partial charge in [-0.2, -0.15) is 0 Å². The summed E-state index contributed by atoms with van der Waals surface area (Å²) in [7, 11) is 3.29. The van der Waals surface area contributed by atoms with Gasteiger partial charge < -0.3 is 14.4 Å². The van der Waals surface area contributed by atoms with Gasteiger partial charge in [0, 0.05) is 29.8 Å². The first-order valence-electron chi connectivity index (χ1n) is 11.5. The van der Waals surface area contributed by atoms with Crippen LogP contribution in [0, 0.1) is 0 Å². The summed E-state index contributed by atoms with van der Waals surface area (Å²) in [4.78, 5) is 14.9. The maximum atomic E-state index is 12.9. The normalized spacial score (nSPS) is 14.8. The second kappa shape index (κ2) is 11.1. The highest BCUT2D eigenvalue weighted by molar-refractivity contribution is 7.99. The van der Waals surface area contributed by atoms with Gasteiger partial charge in [-0.3, -0.25) is 9.36 Å². The molecule has 1 aromatic carbocycles. The summed E-state index contributed by atoms with van der Waals surface area (Å²) in [5, 5.41) is 9.89. The number of methoxy groups -OCH3 is 2. The lowest BCUT2D eigenvalue weighted by atomic mass is 9.95. The number of carbonyl (C=O) groups is 1. The van der Waals surface area contributed by atoms with E-state index in [9.17, 15) is 4.79 Å². The molecule has 3 rings (SSSR count). The number of hydrogen-bond donors (Lipinski definition) is 0. The van der Waals surface area contributed by atoms with Crippen molar-refractivity contribution in [2.75, 3.05) is 20.0 Å². The average molecular weight is 461 g/mol. The van der Waals surface area contributed by atoms with Crippen LogP contribution in [0.2, 0.25) is 0 Å². The van der Waals surface area contributed by atoms with Gasteiger partial charge in [0.2, 0.25) is 5.91 Å². The third kappa shape index (κ3) is 5.57. The highest BCUT2D eigenvalue weighted by Crippen LogP contribution is 2.37. The summed E-state index contributed by atoms with van der Waals surface area (Å²) >= 11 is 1.48. The minimum absolute atomic E-state index is 0.128. The Labute approximate surface area is 195 Å². The molecular weight excluding hydrogens is 424 g/mol. The van der Waals surface area contributed by atoms with Gasteiger partial charge in [0.05, 0.1) is 20.0 Å². The van der Waals surface area contributed by atoms with E-state index in [1.165, 1.54) is 31.0 Å². The SMILES string of the molecule is COc1cc(OC)cc(-c2nnc(SCC(=O)N(C(C)C)C(C)C)n2C2CCCCC2)c1. The van der Waals surface area contributed by atoms with Crippen LogP contribution in [0.4, 0.5) is 0 Å². The molecule has 0 unspecified atom stereocenters. The molecule has 1 aromatic heterocycles. The maximum Gasteiger partial charge on any atom is 0.233 e. The van der Waals surface area contributed by atoms with E-state index in [0.29, 0.717) is 23.3 Å². The highest BCUT2D eigenvalue weighted by atomic mass is 32.2. The van der Waals surface area contributed by atoms with Gasteiger partial charge in [-0.25, -0.2) is 0 Å².